The Kier molecular flexibility index (Phi) is 1.91. The Morgan fingerprint density at radius 1 is 1.54 bits per heavy atom. The Bertz CT molecular complexity index is 324. The molecule has 0 radical (unpaired) electrons. The van der Waals surface area contributed by atoms with Crippen molar-refractivity contribution in [1.82, 2.24) is 9.97 Å². The highest BCUT2D eigenvalue weighted by Crippen LogP contribution is 2.46. The van der Waals surface area contributed by atoms with Crippen molar-refractivity contribution < 1.29 is 0 Å². The maximum absolute atomic E-state index is 5.71. The molecule has 0 aromatic carbocycles. The van der Waals surface area contributed by atoms with Crippen molar-refractivity contribution in [3.05, 3.63) is 17.5 Å². The van der Waals surface area contributed by atoms with E-state index in [2.05, 4.69) is 29.1 Å². The minimum absolute atomic E-state index is 0.393. The molecule has 1 fully saturated rings. The summed E-state index contributed by atoms with van der Waals surface area (Å²) in [4.78, 5) is 8.07. The molecule has 1 aliphatic rings. The number of hydrogen-bond acceptors (Lipinski definition) is 3. The van der Waals surface area contributed by atoms with Crippen molar-refractivity contribution >= 4 is 17.4 Å². The van der Waals surface area contributed by atoms with Crippen molar-refractivity contribution in [2.75, 3.05) is 5.32 Å². The quantitative estimate of drug-likeness (QED) is 0.791. The van der Waals surface area contributed by atoms with Crippen LogP contribution in [-0.4, -0.2) is 16.0 Å². The van der Waals surface area contributed by atoms with Crippen LogP contribution < -0.4 is 5.32 Å². The predicted molar refractivity (Wildman–Crippen MR) is 52.9 cm³/mol. The van der Waals surface area contributed by atoms with Crippen LogP contribution in [0.1, 0.15) is 20.3 Å². The molecule has 1 unspecified atom stereocenters. The van der Waals surface area contributed by atoms with E-state index in [1.807, 2.05) is 0 Å². The molecule has 1 aromatic heterocycles. The van der Waals surface area contributed by atoms with Crippen molar-refractivity contribution in [2.24, 2.45) is 5.41 Å². The number of anilines is 1. The monoisotopic (exact) mass is 197 g/mol. The average Bonchev–Trinajstić information content (AvgIpc) is 2.58. The van der Waals surface area contributed by atoms with Gasteiger partial charge in [0.25, 0.3) is 0 Å². The first-order chi connectivity index (χ1) is 6.08. The number of rotatable bonds is 2. The van der Waals surface area contributed by atoms with Crippen LogP contribution in [0.15, 0.2) is 12.4 Å². The van der Waals surface area contributed by atoms with Gasteiger partial charge in [0.15, 0.2) is 0 Å². The van der Waals surface area contributed by atoms with Crippen LogP contribution in [0.5, 0.6) is 0 Å². The molecule has 1 saturated carbocycles. The van der Waals surface area contributed by atoms with Gasteiger partial charge in [-0.3, -0.25) is 4.98 Å². The minimum Gasteiger partial charge on any atom is -0.365 e. The number of aromatic nitrogens is 2. The zero-order valence-electron chi connectivity index (χ0n) is 7.71. The van der Waals surface area contributed by atoms with E-state index >= 15 is 0 Å². The topological polar surface area (TPSA) is 37.8 Å². The highest BCUT2D eigenvalue weighted by molar-refractivity contribution is 6.29. The average molecular weight is 198 g/mol. The predicted octanol–water partition coefficient (Wildman–Crippen LogP) is 2.34. The van der Waals surface area contributed by atoms with Crippen LogP contribution in [0.3, 0.4) is 0 Å². The third-order valence-corrected chi connectivity index (χ3v) is 2.62. The van der Waals surface area contributed by atoms with Crippen LogP contribution in [0.4, 0.5) is 5.82 Å². The van der Waals surface area contributed by atoms with Crippen LogP contribution in [-0.2, 0) is 0 Å². The molecule has 1 aliphatic carbocycles. The molecule has 1 aromatic rings. The first-order valence-electron chi connectivity index (χ1n) is 4.32. The lowest BCUT2D eigenvalue weighted by molar-refractivity contribution is 0.629. The number of halogens is 1. The summed E-state index contributed by atoms with van der Waals surface area (Å²) in [7, 11) is 0. The fourth-order valence-corrected chi connectivity index (χ4v) is 1.45. The Morgan fingerprint density at radius 3 is 2.77 bits per heavy atom. The van der Waals surface area contributed by atoms with Gasteiger partial charge in [0.1, 0.15) is 11.0 Å². The molecule has 13 heavy (non-hydrogen) atoms. The van der Waals surface area contributed by atoms with E-state index in [1.54, 1.807) is 6.20 Å². The normalized spacial score (nSPS) is 24.1. The summed E-state index contributed by atoms with van der Waals surface area (Å²) >= 11 is 5.71. The van der Waals surface area contributed by atoms with E-state index < -0.39 is 0 Å². The van der Waals surface area contributed by atoms with Gasteiger partial charge >= 0.3 is 0 Å². The summed E-state index contributed by atoms with van der Waals surface area (Å²) in [6.07, 6.45) is 4.41. The molecule has 2 rings (SSSR count). The SMILES string of the molecule is CC1(C)CC1Nc1cncc(Cl)n1. The van der Waals surface area contributed by atoms with Gasteiger partial charge in [0.05, 0.1) is 12.4 Å². The third kappa shape index (κ3) is 1.91. The highest BCUT2D eigenvalue weighted by Gasteiger charge is 2.45. The Morgan fingerprint density at radius 2 is 2.23 bits per heavy atom. The van der Waals surface area contributed by atoms with Gasteiger partial charge in [-0.15, -0.1) is 0 Å². The zero-order valence-corrected chi connectivity index (χ0v) is 8.47. The first-order valence-corrected chi connectivity index (χ1v) is 4.70. The van der Waals surface area contributed by atoms with Crippen molar-refractivity contribution in [2.45, 2.75) is 26.3 Å². The molecule has 0 spiro atoms. The second-order valence-corrected chi connectivity index (χ2v) is 4.50. The van der Waals surface area contributed by atoms with E-state index in [4.69, 9.17) is 11.6 Å². The Labute approximate surface area is 82.5 Å². The number of hydrogen-bond donors (Lipinski definition) is 1. The molecule has 1 atom stereocenters. The summed E-state index contributed by atoms with van der Waals surface area (Å²) in [5, 5.41) is 3.72. The molecule has 0 bridgehead atoms. The minimum atomic E-state index is 0.393. The summed E-state index contributed by atoms with van der Waals surface area (Å²) in [5.41, 5.74) is 0.393. The molecular formula is C9H12ClN3. The van der Waals surface area contributed by atoms with Gasteiger partial charge in [-0.2, -0.15) is 0 Å². The fourth-order valence-electron chi connectivity index (χ4n) is 1.30. The van der Waals surface area contributed by atoms with E-state index in [-0.39, 0.29) is 0 Å². The summed E-state index contributed by atoms with van der Waals surface area (Å²) in [6, 6.07) is 0.514. The number of nitrogens with one attached hydrogen (secondary N) is 1. The van der Waals surface area contributed by atoms with Gasteiger partial charge in [-0.25, -0.2) is 4.98 Å². The van der Waals surface area contributed by atoms with Gasteiger partial charge in [0.2, 0.25) is 0 Å². The summed E-state index contributed by atoms with van der Waals surface area (Å²) in [6.45, 7) is 4.45. The third-order valence-electron chi connectivity index (χ3n) is 2.44. The van der Waals surface area contributed by atoms with E-state index in [9.17, 15) is 0 Å². The lowest BCUT2D eigenvalue weighted by Crippen LogP contribution is -2.09. The lowest BCUT2D eigenvalue weighted by Gasteiger charge is -2.06. The van der Waals surface area contributed by atoms with E-state index in [0.717, 1.165) is 5.82 Å². The standard InChI is InChI=1S/C9H12ClN3/c1-9(2)3-6(9)12-8-5-11-4-7(10)13-8/h4-6H,3H2,1-2H3,(H,12,13). The smallest absolute Gasteiger partial charge is 0.149 e. The molecule has 1 N–H and O–H groups in total. The Balaban J connectivity index is 2.03. The van der Waals surface area contributed by atoms with Gasteiger partial charge in [-0.1, -0.05) is 25.4 Å². The summed E-state index contributed by atoms with van der Waals surface area (Å²) in [5.74, 6) is 0.767. The lowest BCUT2D eigenvalue weighted by atomic mass is 10.2. The second kappa shape index (κ2) is 2.84. The first kappa shape index (κ1) is 8.75. The Hall–Kier alpha value is -0.830. The molecule has 0 aliphatic heterocycles. The fraction of sp³-hybridized carbons (Fsp3) is 0.556. The van der Waals surface area contributed by atoms with Crippen LogP contribution in [0, 0.1) is 5.41 Å². The van der Waals surface area contributed by atoms with E-state index in [1.165, 1.54) is 12.6 Å². The highest BCUT2D eigenvalue weighted by atomic mass is 35.5. The van der Waals surface area contributed by atoms with Crippen LogP contribution >= 0.6 is 11.6 Å². The largest absolute Gasteiger partial charge is 0.365 e. The van der Waals surface area contributed by atoms with Crippen LogP contribution in [0.25, 0.3) is 0 Å². The molecule has 0 saturated heterocycles. The van der Waals surface area contributed by atoms with Crippen LogP contribution in [0.2, 0.25) is 5.15 Å². The van der Waals surface area contributed by atoms with Crippen molar-refractivity contribution in [3.63, 3.8) is 0 Å². The van der Waals surface area contributed by atoms with Gasteiger partial charge in [0, 0.05) is 6.04 Å². The molecule has 1 heterocycles. The van der Waals surface area contributed by atoms with Gasteiger partial charge in [-0.05, 0) is 11.8 Å². The molecular weight excluding hydrogens is 186 g/mol. The number of nitrogens with zero attached hydrogens (tertiary/aromatic N) is 2. The zero-order chi connectivity index (χ0) is 9.47. The van der Waals surface area contributed by atoms with Crippen molar-refractivity contribution in [3.8, 4) is 0 Å². The van der Waals surface area contributed by atoms with E-state index in [0.29, 0.717) is 16.6 Å². The molecule has 70 valence electrons. The maximum Gasteiger partial charge on any atom is 0.149 e. The van der Waals surface area contributed by atoms with Gasteiger partial charge < -0.3 is 5.32 Å². The maximum atomic E-state index is 5.71. The summed E-state index contributed by atoms with van der Waals surface area (Å²) < 4.78 is 0. The van der Waals surface area contributed by atoms with Crippen molar-refractivity contribution in [1.29, 1.82) is 0 Å². The molecule has 3 nitrogen and oxygen atoms in total. The molecule has 0 amide bonds. The second-order valence-electron chi connectivity index (χ2n) is 4.12. The molecule has 4 heteroatoms.